The maximum atomic E-state index is 15.1. The molecule has 0 spiro atoms. The van der Waals surface area contributed by atoms with Crippen LogP contribution in [0.2, 0.25) is 0 Å². The van der Waals surface area contributed by atoms with Crippen molar-refractivity contribution in [2.45, 2.75) is 114 Å². The van der Waals surface area contributed by atoms with Crippen molar-refractivity contribution in [1.82, 2.24) is 0 Å². The highest BCUT2D eigenvalue weighted by Crippen LogP contribution is 2.52. The van der Waals surface area contributed by atoms with Crippen LogP contribution in [0.4, 0.5) is 39.5 Å². The second kappa shape index (κ2) is 14.0. The molecule has 0 saturated heterocycles. The summed E-state index contributed by atoms with van der Waals surface area (Å²) in [6.07, 6.45) is 8.88. The Balaban J connectivity index is 1.23. The first kappa shape index (κ1) is 33.9. The smallest absolute Gasteiger partial charge is 0.317 e. The minimum Gasteiger partial charge on any atom is -0.317 e. The van der Waals surface area contributed by atoms with Crippen molar-refractivity contribution < 1.29 is 44.3 Å². The van der Waals surface area contributed by atoms with Crippen molar-refractivity contribution in [3.8, 4) is 0 Å². The molecular weight excluding hydrogens is 583 g/mol. The highest BCUT2D eigenvalue weighted by molar-refractivity contribution is 5.26. The second-order valence-electron chi connectivity index (χ2n) is 12.7. The summed E-state index contributed by atoms with van der Waals surface area (Å²) >= 11 is 0. The third kappa shape index (κ3) is 8.01. The summed E-state index contributed by atoms with van der Waals surface area (Å²) in [7, 11) is 0. The van der Waals surface area contributed by atoms with Gasteiger partial charge >= 0.3 is 18.0 Å². The highest BCUT2D eigenvalue weighted by atomic mass is 19.3. The van der Waals surface area contributed by atoms with Crippen LogP contribution in [0.3, 0.4) is 0 Å². The van der Waals surface area contributed by atoms with Gasteiger partial charge in [0.2, 0.25) is 0 Å². The van der Waals surface area contributed by atoms with Gasteiger partial charge in [0.05, 0.1) is 12.0 Å². The second-order valence-corrected chi connectivity index (χ2v) is 12.7. The number of hydrogen-bond donors (Lipinski definition) is 0. The summed E-state index contributed by atoms with van der Waals surface area (Å²) in [4.78, 5) is 0. The zero-order chi connectivity index (χ0) is 31.4. The van der Waals surface area contributed by atoms with Gasteiger partial charge in [0.1, 0.15) is 0 Å². The van der Waals surface area contributed by atoms with Gasteiger partial charge < -0.3 is 4.74 Å². The fourth-order valence-corrected chi connectivity index (χ4v) is 7.03. The van der Waals surface area contributed by atoms with Gasteiger partial charge in [0, 0.05) is 11.5 Å². The summed E-state index contributed by atoms with van der Waals surface area (Å²) in [6.45, 7) is 3.78. The van der Waals surface area contributed by atoms with E-state index in [-0.39, 0.29) is 43.7 Å². The van der Waals surface area contributed by atoms with Gasteiger partial charge in [-0.15, -0.1) is 6.58 Å². The minimum atomic E-state index is -5.00. The molecule has 4 rings (SSSR count). The predicted octanol–water partition coefficient (Wildman–Crippen LogP) is 11.1. The van der Waals surface area contributed by atoms with Crippen molar-refractivity contribution in [3.63, 3.8) is 0 Å². The lowest BCUT2D eigenvalue weighted by molar-refractivity contribution is -0.306. The average molecular weight is 625 g/mol. The molecule has 0 amide bonds. The van der Waals surface area contributed by atoms with Crippen LogP contribution < -0.4 is 0 Å². The molecule has 1 nitrogen and oxygen atoms in total. The molecule has 3 aliphatic rings. The number of hydrogen-bond acceptors (Lipinski definition) is 1. The van der Waals surface area contributed by atoms with Crippen molar-refractivity contribution in [2.24, 2.45) is 29.6 Å². The SMILES string of the molecule is C=CCCC1CCC(/C=C/C2CCC(C(F)(F)OC3CCC(C(F)(F)C(F)(F)c4cc(F)c(F)c(F)c4)CC3)CC2)CC1. The van der Waals surface area contributed by atoms with Gasteiger partial charge in [-0.05, 0) is 120 Å². The first-order chi connectivity index (χ1) is 20.2. The summed E-state index contributed by atoms with van der Waals surface area (Å²) in [5.74, 6) is -17.2. The van der Waals surface area contributed by atoms with E-state index in [1.54, 1.807) is 0 Å². The van der Waals surface area contributed by atoms with Crippen LogP contribution in [-0.2, 0) is 10.7 Å². The molecule has 0 N–H and O–H groups in total. The lowest BCUT2D eigenvalue weighted by atomic mass is 9.77. The van der Waals surface area contributed by atoms with E-state index in [0.29, 0.717) is 18.8 Å². The fourth-order valence-electron chi connectivity index (χ4n) is 7.03. The molecular formula is C33H41F9O. The van der Waals surface area contributed by atoms with Crippen LogP contribution >= 0.6 is 0 Å². The normalized spacial score (nSPS) is 29.6. The van der Waals surface area contributed by atoms with Crippen LogP contribution in [0, 0.1) is 47.0 Å². The fraction of sp³-hybridized carbons (Fsp3) is 0.697. The molecule has 0 aromatic heterocycles. The monoisotopic (exact) mass is 624 g/mol. The molecule has 0 radical (unpaired) electrons. The van der Waals surface area contributed by atoms with E-state index < -0.39 is 71.8 Å². The van der Waals surface area contributed by atoms with Crippen LogP contribution in [0.25, 0.3) is 0 Å². The van der Waals surface area contributed by atoms with Gasteiger partial charge in [-0.25, -0.2) is 13.2 Å². The number of allylic oxidation sites excluding steroid dienone is 3. The Hall–Kier alpha value is -1.97. The Morgan fingerprint density at radius 1 is 0.698 bits per heavy atom. The number of ether oxygens (including phenoxy) is 1. The van der Waals surface area contributed by atoms with E-state index in [4.69, 9.17) is 4.74 Å². The molecule has 0 aliphatic heterocycles. The van der Waals surface area contributed by atoms with Gasteiger partial charge in [-0.2, -0.15) is 26.3 Å². The predicted molar refractivity (Wildman–Crippen MR) is 146 cm³/mol. The Labute approximate surface area is 247 Å². The molecule has 10 heteroatoms. The molecule has 0 atom stereocenters. The van der Waals surface area contributed by atoms with Crippen LogP contribution in [0.1, 0.15) is 95.5 Å². The first-order valence-electron chi connectivity index (χ1n) is 15.5. The molecule has 3 fully saturated rings. The molecule has 1 aromatic carbocycles. The number of benzene rings is 1. The van der Waals surface area contributed by atoms with E-state index >= 15 is 8.78 Å². The molecule has 242 valence electrons. The van der Waals surface area contributed by atoms with Gasteiger partial charge in [0.25, 0.3) is 0 Å². The van der Waals surface area contributed by atoms with E-state index in [1.807, 2.05) is 6.08 Å². The maximum Gasteiger partial charge on any atom is 0.358 e. The number of rotatable bonds is 11. The van der Waals surface area contributed by atoms with Crippen molar-refractivity contribution in [1.29, 1.82) is 0 Å². The van der Waals surface area contributed by atoms with Crippen molar-refractivity contribution in [3.05, 3.63) is 60.0 Å². The Kier molecular flexibility index (Phi) is 11.0. The Morgan fingerprint density at radius 3 is 1.70 bits per heavy atom. The Bertz CT molecular complexity index is 1070. The third-order valence-electron chi connectivity index (χ3n) is 9.85. The number of halogens is 9. The van der Waals surface area contributed by atoms with Crippen molar-refractivity contribution in [2.75, 3.05) is 0 Å². The average Bonchev–Trinajstić information content (AvgIpc) is 2.98. The van der Waals surface area contributed by atoms with Gasteiger partial charge in [0.15, 0.2) is 17.5 Å². The summed E-state index contributed by atoms with van der Waals surface area (Å²) in [5.41, 5.74) is -1.68. The highest BCUT2D eigenvalue weighted by Gasteiger charge is 2.62. The van der Waals surface area contributed by atoms with E-state index in [9.17, 15) is 30.7 Å². The zero-order valence-corrected chi connectivity index (χ0v) is 24.3. The Morgan fingerprint density at radius 2 is 1.19 bits per heavy atom. The lowest BCUT2D eigenvalue weighted by Gasteiger charge is -2.39. The van der Waals surface area contributed by atoms with Gasteiger partial charge in [-0.3, -0.25) is 0 Å². The quantitative estimate of drug-likeness (QED) is 0.135. The van der Waals surface area contributed by atoms with E-state index in [2.05, 4.69) is 18.7 Å². The molecule has 1 aromatic rings. The standard InChI is InChI=1S/C33H41F9O/c1-2-3-4-21-5-7-22(8-6-21)9-10-23-11-13-25(14-12-23)33(41,42)43-27-17-15-24(16-18-27)31(37,38)32(39,40)26-19-28(34)30(36)29(35)20-26/h2,9-10,19-25,27H,1,3-8,11-18H2/b10-9+. The molecule has 3 aliphatic carbocycles. The molecule has 0 bridgehead atoms. The summed E-state index contributed by atoms with van der Waals surface area (Å²) in [5, 5.41) is 0. The molecule has 0 unspecified atom stereocenters. The molecule has 3 saturated carbocycles. The summed E-state index contributed by atoms with van der Waals surface area (Å²) < 4.78 is 134. The van der Waals surface area contributed by atoms with Crippen LogP contribution in [-0.4, -0.2) is 18.1 Å². The minimum absolute atomic E-state index is 0.150. The summed E-state index contributed by atoms with van der Waals surface area (Å²) in [6, 6.07) is -0.300. The molecule has 43 heavy (non-hydrogen) atoms. The zero-order valence-electron chi connectivity index (χ0n) is 24.3. The largest absolute Gasteiger partial charge is 0.358 e. The maximum absolute atomic E-state index is 15.1. The van der Waals surface area contributed by atoms with Crippen LogP contribution in [0.15, 0.2) is 36.9 Å². The number of alkyl halides is 6. The van der Waals surface area contributed by atoms with Crippen molar-refractivity contribution >= 4 is 0 Å². The van der Waals surface area contributed by atoms with Gasteiger partial charge in [-0.1, -0.05) is 18.2 Å². The van der Waals surface area contributed by atoms with Crippen LogP contribution in [0.5, 0.6) is 0 Å². The third-order valence-corrected chi connectivity index (χ3v) is 9.85. The lowest BCUT2D eigenvalue weighted by Crippen LogP contribution is -2.47. The van der Waals surface area contributed by atoms with E-state index in [1.165, 1.54) is 19.3 Å². The topological polar surface area (TPSA) is 9.23 Å². The first-order valence-corrected chi connectivity index (χ1v) is 15.5. The van der Waals surface area contributed by atoms with E-state index in [0.717, 1.165) is 25.2 Å². The molecule has 0 heterocycles.